The summed E-state index contributed by atoms with van der Waals surface area (Å²) in [4.78, 5) is 23.5. The first kappa shape index (κ1) is 23.3. The van der Waals surface area contributed by atoms with E-state index in [0.717, 1.165) is 0 Å². The van der Waals surface area contributed by atoms with E-state index in [9.17, 15) is 31.1 Å². The first-order valence-electron chi connectivity index (χ1n) is 9.39. The molecule has 0 unspecified atom stereocenters. The molecule has 31 heavy (non-hydrogen) atoms. The molecule has 1 amide bonds. The summed E-state index contributed by atoms with van der Waals surface area (Å²) in [6, 6.07) is 0.0177. The van der Waals surface area contributed by atoms with Crippen molar-refractivity contribution in [2.75, 3.05) is 36.5 Å². The van der Waals surface area contributed by atoms with Gasteiger partial charge in [0, 0.05) is 25.7 Å². The molecule has 8 nitrogen and oxygen atoms in total. The lowest BCUT2D eigenvalue weighted by molar-refractivity contribution is -0.359. The van der Waals surface area contributed by atoms with Crippen molar-refractivity contribution in [1.29, 1.82) is 0 Å². The van der Waals surface area contributed by atoms with Crippen molar-refractivity contribution < 1.29 is 40.6 Å². The van der Waals surface area contributed by atoms with E-state index in [1.54, 1.807) is 11.8 Å². The Morgan fingerprint density at radius 3 is 2.48 bits per heavy atom. The molecule has 3 atom stereocenters. The number of carbonyl (C=O) groups excluding carboxylic acids is 1. The minimum absolute atomic E-state index is 0.173. The highest BCUT2D eigenvalue weighted by molar-refractivity contribution is 5.85. The van der Waals surface area contributed by atoms with Gasteiger partial charge in [0.1, 0.15) is 36.7 Å². The Labute approximate surface area is 173 Å². The highest BCUT2D eigenvalue weighted by atomic mass is 19.4. The second-order valence-corrected chi connectivity index (χ2v) is 7.41. The molecular formula is C17H21F6N5O3. The lowest BCUT2D eigenvalue weighted by atomic mass is 10.00. The summed E-state index contributed by atoms with van der Waals surface area (Å²) in [7, 11) is 0. The average molecular weight is 457 g/mol. The molecule has 14 heteroatoms. The second-order valence-electron chi connectivity index (χ2n) is 7.41. The number of halogens is 6. The van der Waals surface area contributed by atoms with Crippen LogP contribution in [0.5, 0.6) is 0 Å². The second kappa shape index (κ2) is 8.65. The number of nitrogens with one attached hydrogen (secondary N) is 1. The number of likely N-dealkylation sites (tertiary alicyclic amines) is 1. The van der Waals surface area contributed by atoms with Gasteiger partial charge < -0.3 is 19.9 Å². The Balaban J connectivity index is 1.48. The number of ether oxygens (including phenoxy) is 2. The zero-order valence-corrected chi connectivity index (χ0v) is 16.6. The fourth-order valence-electron chi connectivity index (χ4n) is 3.25. The molecule has 0 radical (unpaired) electrons. The van der Waals surface area contributed by atoms with Crippen molar-refractivity contribution >= 4 is 17.5 Å². The van der Waals surface area contributed by atoms with Gasteiger partial charge in [-0.25, -0.2) is 9.97 Å². The van der Waals surface area contributed by atoms with Gasteiger partial charge in [-0.2, -0.15) is 13.2 Å². The van der Waals surface area contributed by atoms with Crippen LogP contribution in [0.2, 0.25) is 0 Å². The molecule has 0 aliphatic carbocycles. The first-order valence-corrected chi connectivity index (χ1v) is 9.39. The Hall–Kier alpha value is -2.35. The van der Waals surface area contributed by atoms with E-state index in [1.807, 2.05) is 0 Å². The Bertz CT molecular complexity index is 786. The number of hydrogen-bond donors (Lipinski definition) is 1. The molecule has 1 N–H and O–H groups in total. The quantitative estimate of drug-likeness (QED) is 0.629. The fraction of sp³-hybridized carbons (Fsp3) is 0.706. The molecular weight excluding hydrogens is 436 g/mol. The van der Waals surface area contributed by atoms with Gasteiger partial charge in [-0.3, -0.25) is 9.53 Å². The van der Waals surface area contributed by atoms with Gasteiger partial charge in [0.05, 0.1) is 12.1 Å². The molecule has 174 valence electrons. The van der Waals surface area contributed by atoms with Crippen molar-refractivity contribution in [3.05, 3.63) is 12.4 Å². The van der Waals surface area contributed by atoms with E-state index in [1.165, 1.54) is 24.2 Å². The van der Waals surface area contributed by atoms with Gasteiger partial charge in [0.15, 0.2) is 0 Å². The third-order valence-electron chi connectivity index (χ3n) is 5.02. The van der Waals surface area contributed by atoms with Crippen LogP contribution in [0.25, 0.3) is 0 Å². The van der Waals surface area contributed by atoms with Crippen molar-refractivity contribution in [2.45, 2.75) is 50.7 Å². The molecule has 0 bridgehead atoms. The van der Waals surface area contributed by atoms with Crippen molar-refractivity contribution in [1.82, 2.24) is 14.9 Å². The van der Waals surface area contributed by atoms with Gasteiger partial charge >= 0.3 is 12.5 Å². The summed E-state index contributed by atoms with van der Waals surface area (Å²) in [5, 5.41) is 2.86. The van der Waals surface area contributed by atoms with Gasteiger partial charge in [0.25, 0.3) is 0 Å². The van der Waals surface area contributed by atoms with Crippen LogP contribution >= 0.6 is 0 Å². The number of rotatable bonds is 7. The Morgan fingerprint density at radius 2 is 1.90 bits per heavy atom. The molecule has 3 rings (SSSR count). The van der Waals surface area contributed by atoms with Crippen LogP contribution in [0.1, 0.15) is 13.8 Å². The number of anilines is 2. The van der Waals surface area contributed by atoms with E-state index in [2.05, 4.69) is 20.0 Å². The van der Waals surface area contributed by atoms with Crippen LogP contribution in [0.15, 0.2) is 12.4 Å². The Kier molecular flexibility index (Phi) is 6.51. The van der Waals surface area contributed by atoms with E-state index in [0.29, 0.717) is 11.6 Å². The summed E-state index contributed by atoms with van der Waals surface area (Å²) in [5.41, 5.74) is 0. The van der Waals surface area contributed by atoms with Gasteiger partial charge in [0.2, 0.25) is 5.91 Å². The number of hydrogen-bond acceptors (Lipinski definition) is 7. The van der Waals surface area contributed by atoms with Gasteiger partial charge in [-0.15, -0.1) is 13.2 Å². The predicted molar refractivity (Wildman–Crippen MR) is 95.2 cm³/mol. The average Bonchev–Trinajstić information content (AvgIpc) is 2.61. The van der Waals surface area contributed by atoms with Crippen LogP contribution in [-0.2, 0) is 14.3 Å². The van der Waals surface area contributed by atoms with E-state index in [4.69, 9.17) is 4.74 Å². The first-order chi connectivity index (χ1) is 14.3. The molecule has 0 aromatic carbocycles. The van der Waals surface area contributed by atoms with Gasteiger partial charge in [-0.05, 0) is 13.8 Å². The maximum Gasteiger partial charge on any atom is 0.522 e. The van der Waals surface area contributed by atoms with Gasteiger partial charge in [-0.1, -0.05) is 0 Å². The number of alkyl halides is 6. The molecule has 0 saturated carbocycles. The summed E-state index contributed by atoms with van der Waals surface area (Å²) < 4.78 is 82.2. The van der Waals surface area contributed by atoms with Crippen LogP contribution in [-0.4, -0.2) is 83.8 Å². The molecule has 2 saturated heterocycles. The molecule has 0 spiro atoms. The summed E-state index contributed by atoms with van der Waals surface area (Å²) in [6.07, 6.45) is -9.59. The van der Waals surface area contributed by atoms with E-state index >= 15 is 0 Å². The lowest BCUT2D eigenvalue weighted by Gasteiger charge is -2.46. The third kappa shape index (κ3) is 6.09. The number of amides is 1. The van der Waals surface area contributed by atoms with Crippen LogP contribution in [0, 0.1) is 0 Å². The van der Waals surface area contributed by atoms with Crippen molar-refractivity contribution in [3.63, 3.8) is 0 Å². The standard InChI is InChI=1S/C17H21F6N5O3/c1-9(15(29)28-6-12(10(28)2)31-17(21,22)23)26-13-3-14(25-8-24-13)27-4-11(5-27)30-7-16(18,19)20/h3,8-12H,4-7H2,1-2H3,(H,24,25,26)/t9-,10+,12+/m1/s1. The molecule has 2 fully saturated rings. The SMILES string of the molecule is C[C@@H](Nc1cc(N2CC(OCC(F)(F)F)C2)ncn1)C(=O)N1C[C@H](OC(F)(F)F)[C@@H]1C. The van der Waals surface area contributed by atoms with E-state index in [-0.39, 0.29) is 19.6 Å². The number of carbonyl (C=O) groups is 1. The fourth-order valence-corrected chi connectivity index (χ4v) is 3.25. The third-order valence-corrected chi connectivity index (χ3v) is 5.02. The normalized spacial score (nSPS) is 23.2. The summed E-state index contributed by atoms with van der Waals surface area (Å²) in [6.45, 7) is 1.98. The summed E-state index contributed by atoms with van der Waals surface area (Å²) >= 11 is 0. The number of nitrogens with zero attached hydrogens (tertiary/aromatic N) is 4. The minimum atomic E-state index is -4.76. The molecule has 1 aromatic rings. The largest absolute Gasteiger partial charge is 0.522 e. The maximum atomic E-state index is 12.5. The van der Waals surface area contributed by atoms with Crippen LogP contribution < -0.4 is 10.2 Å². The van der Waals surface area contributed by atoms with E-state index < -0.39 is 49.3 Å². The molecule has 3 heterocycles. The van der Waals surface area contributed by atoms with Crippen molar-refractivity contribution in [3.8, 4) is 0 Å². The highest BCUT2D eigenvalue weighted by Crippen LogP contribution is 2.29. The zero-order chi connectivity index (χ0) is 23.0. The molecule has 2 aliphatic rings. The smallest absolute Gasteiger partial charge is 0.365 e. The highest BCUT2D eigenvalue weighted by Gasteiger charge is 2.46. The predicted octanol–water partition coefficient (Wildman–Crippen LogP) is 2.18. The topological polar surface area (TPSA) is 79.8 Å². The zero-order valence-electron chi connectivity index (χ0n) is 16.6. The molecule has 2 aliphatic heterocycles. The maximum absolute atomic E-state index is 12.5. The lowest BCUT2D eigenvalue weighted by Crippen LogP contribution is -2.64. The van der Waals surface area contributed by atoms with Crippen molar-refractivity contribution in [2.24, 2.45) is 0 Å². The van der Waals surface area contributed by atoms with Crippen LogP contribution in [0.3, 0.4) is 0 Å². The Morgan fingerprint density at radius 1 is 1.23 bits per heavy atom. The minimum Gasteiger partial charge on any atom is -0.365 e. The molecule has 1 aromatic heterocycles. The monoisotopic (exact) mass is 457 g/mol. The van der Waals surface area contributed by atoms with Crippen LogP contribution in [0.4, 0.5) is 38.0 Å². The summed E-state index contributed by atoms with van der Waals surface area (Å²) in [5.74, 6) is 0.320. The number of aromatic nitrogens is 2.